The summed E-state index contributed by atoms with van der Waals surface area (Å²) in [5.74, 6) is -0.407. The van der Waals surface area contributed by atoms with E-state index in [9.17, 15) is 23.1 Å². The Labute approximate surface area is 121 Å². The van der Waals surface area contributed by atoms with Crippen molar-refractivity contribution in [2.45, 2.75) is 32.0 Å². The summed E-state index contributed by atoms with van der Waals surface area (Å²) >= 11 is 0. The van der Waals surface area contributed by atoms with Crippen LogP contribution in [-0.4, -0.2) is 23.7 Å². The van der Waals surface area contributed by atoms with Gasteiger partial charge in [-0.3, -0.25) is 4.79 Å². The zero-order valence-electron chi connectivity index (χ0n) is 11.7. The van der Waals surface area contributed by atoms with Crippen molar-refractivity contribution in [1.29, 1.82) is 0 Å². The van der Waals surface area contributed by atoms with Crippen molar-refractivity contribution in [2.24, 2.45) is 0 Å². The fourth-order valence-corrected chi connectivity index (χ4v) is 1.62. The topological polar surface area (TPSA) is 49.3 Å². The van der Waals surface area contributed by atoms with Crippen molar-refractivity contribution < 1.29 is 23.1 Å². The monoisotopic (exact) mass is 301 g/mol. The Hall–Kier alpha value is -1.82. The lowest BCUT2D eigenvalue weighted by atomic mass is 10.1. The highest BCUT2D eigenvalue weighted by Crippen LogP contribution is 2.29. The van der Waals surface area contributed by atoms with E-state index in [-0.39, 0.29) is 0 Å². The largest absolute Gasteiger partial charge is 0.416 e. The van der Waals surface area contributed by atoms with E-state index in [1.165, 1.54) is 24.3 Å². The van der Waals surface area contributed by atoms with E-state index >= 15 is 0 Å². The molecule has 21 heavy (non-hydrogen) atoms. The fourth-order valence-electron chi connectivity index (χ4n) is 1.62. The number of hydrogen-bond donors (Lipinski definition) is 2. The van der Waals surface area contributed by atoms with Gasteiger partial charge in [0.25, 0.3) is 0 Å². The number of nitrogens with one attached hydrogen (secondary N) is 1. The lowest BCUT2D eigenvalue weighted by molar-refractivity contribution is -0.137. The average molecular weight is 301 g/mol. The molecule has 0 aliphatic carbocycles. The molecule has 6 heteroatoms. The van der Waals surface area contributed by atoms with Gasteiger partial charge in [0, 0.05) is 12.6 Å². The van der Waals surface area contributed by atoms with Gasteiger partial charge >= 0.3 is 6.18 Å². The van der Waals surface area contributed by atoms with Gasteiger partial charge in [-0.1, -0.05) is 19.1 Å². The number of aliphatic hydroxyl groups is 1. The molecule has 1 aromatic rings. The molecule has 0 radical (unpaired) electrons. The van der Waals surface area contributed by atoms with Crippen LogP contribution in [0.4, 0.5) is 13.2 Å². The zero-order chi connectivity index (χ0) is 15.9. The Morgan fingerprint density at radius 2 is 2.14 bits per heavy atom. The molecule has 0 fully saturated rings. The third-order valence-corrected chi connectivity index (χ3v) is 2.89. The van der Waals surface area contributed by atoms with Gasteiger partial charge in [-0.15, -0.1) is 0 Å². The van der Waals surface area contributed by atoms with Crippen molar-refractivity contribution in [2.75, 3.05) is 6.54 Å². The van der Waals surface area contributed by atoms with Crippen LogP contribution in [0, 0.1) is 0 Å². The number of amides is 1. The standard InChI is InChI=1S/C15H18F3NO2/c1-2-13(20)8-9-19-14(21)7-6-11-4-3-5-12(10-11)15(16,17)18/h3-7,10,13,20H,2,8-9H2,1H3,(H,19,21)/b7-6+. The van der Waals surface area contributed by atoms with Crippen LogP contribution in [0.15, 0.2) is 30.3 Å². The first-order valence-corrected chi connectivity index (χ1v) is 6.64. The summed E-state index contributed by atoms with van der Waals surface area (Å²) in [4.78, 5) is 11.5. The third kappa shape index (κ3) is 6.44. The molecule has 3 nitrogen and oxygen atoms in total. The van der Waals surface area contributed by atoms with Gasteiger partial charge in [0.05, 0.1) is 11.7 Å². The number of halogens is 3. The van der Waals surface area contributed by atoms with Crippen LogP contribution in [0.5, 0.6) is 0 Å². The van der Waals surface area contributed by atoms with E-state index in [2.05, 4.69) is 5.32 Å². The first kappa shape index (κ1) is 17.2. The molecule has 1 amide bonds. The Bertz CT molecular complexity index is 498. The van der Waals surface area contributed by atoms with Gasteiger partial charge in [0.1, 0.15) is 0 Å². The molecule has 1 rings (SSSR count). The predicted molar refractivity (Wildman–Crippen MR) is 74.4 cm³/mol. The summed E-state index contributed by atoms with van der Waals surface area (Å²) < 4.78 is 37.5. The first-order chi connectivity index (χ1) is 9.82. The van der Waals surface area contributed by atoms with E-state index in [1.54, 1.807) is 0 Å². The van der Waals surface area contributed by atoms with Crippen LogP contribution >= 0.6 is 0 Å². The van der Waals surface area contributed by atoms with Crippen molar-refractivity contribution >= 4 is 12.0 Å². The fraction of sp³-hybridized carbons (Fsp3) is 0.400. The second-order valence-corrected chi connectivity index (χ2v) is 4.60. The summed E-state index contributed by atoms with van der Waals surface area (Å²) in [7, 11) is 0. The van der Waals surface area contributed by atoms with E-state index in [0.717, 1.165) is 12.1 Å². The normalized spacial score (nSPS) is 13.4. The summed E-state index contributed by atoms with van der Waals surface area (Å²) in [6.07, 6.45) is -1.31. The number of hydrogen-bond acceptors (Lipinski definition) is 2. The van der Waals surface area contributed by atoms with Crippen LogP contribution in [0.1, 0.15) is 30.9 Å². The maximum Gasteiger partial charge on any atom is 0.416 e. The van der Waals surface area contributed by atoms with Gasteiger partial charge in [0.15, 0.2) is 0 Å². The minimum Gasteiger partial charge on any atom is -0.393 e. The molecule has 116 valence electrons. The summed E-state index contributed by atoms with van der Waals surface area (Å²) in [5, 5.41) is 11.9. The summed E-state index contributed by atoms with van der Waals surface area (Å²) in [6, 6.07) is 4.73. The second kappa shape index (κ2) is 7.83. The van der Waals surface area contributed by atoms with Gasteiger partial charge in [-0.2, -0.15) is 13.2 Å². The van der Waals surface area contributed by atoms with Crippen molar-refractivity contribution in [3.63, 3.8) is 0 Å². The van der Waals surface area contributed by atoms with E-state index in [0.29, 0.717) is 24.9 Å². The molecule has 0 aliphatic rings. The molecule has 0 aromatic heterocycles. The zero-order valence-corrected chi connectivity index (χ0v) is 11.7. The maximum atomic E-state index is 12.5. The molecule has 0 saturated carbocycles. The van der Waals surface area contributed by atoms with Crippen LogP contribution in [-0.2, 0) is 11.0 Å². The van der Waals surface area contributed by atoms with Gasteiger partial charge in [-0.05, 0) is 36.6 Å². The average Bonchev–Trinajstić information content (AvgIpc) is 2.44. The van der Waals surface area contributed by atoms with Crippen LogP contribution < -0.4 is 5.32 Å². The second-order valence-electron chi connectivity index (χ2n) is 4.60. The van der Waals surface area contributed by atoms with Crippen molar-refractivity contribution in [3.05, 3.63) is 41.5 Å². The smallest absolute Gasteiger partial charge is 0.393 e. The molecule has 0 aliphatic heterocycles. The molecule has 0 spiro atoms. The predicted octanol–water partition coefficient (Wildman–Crippen LogP) is 3.00. The molecule has 0 bridgehead atoms. The molecule has 1 aromatic carbocycles. The highest BCUT2D eigenvalue weighted by molar-refractivity contribution is 5.91. The lowest BCUT2D eigenvalue weighted by Crippen LogP contribution is -2.25. The number of benzene rings is 1. The number of rotatable bonds is 6. The minimum absolute atomic E-state index is 0.300. The van der Waals surface area contributed by atoms with Gasteiger partial charge in [-0.25, -0.2) is 0 Å². The third-order valence-electron chi connectivity index (χ3n) is 2.89. The summed E-state index contributed by atoms with van der Waals surface area (Å²) in [6.45, 7) is 2.15. The Morgan fingerprint density at radius 3 is 2.76 bits per heavy atom. The molecular weight excluding hydrogens is 283 g/mol. The molecule has 0 heterocycles. The van der Waals surface area contributed by atoms with Crippen LogP contribution in [0.3, 0.4) is 0 Å². The Balaban J connectivity index is 2.54. The molecule has 1 atom stereocenters. The number of carbonyl (C=O) groups excluding carboxylic acids is 1. The molecule has 2 N–H and O–H groups in total. The SMILES string of the molecule is CCC(O)CCNC(=O)/C=C/c1cccc(C(F)(F)F)c1. The van der Waals surface area contributed by atoms with E-state index in [4.69, 9.17) is 0 Å². The van der Waals surface area contributed by atoms with E-state index in [1.807, 2.05) is 6.92 Å². The van der Waals surface area contributed by atoms with Crippen molar-refractivity contribution in [3.8, 4) is 0 Å². The van der Waals surface area contributed by atoms with Crippen LogP contribution in [0.25, 0.3) is 6.08 Å². The minimum atomic E-state index is -4.40. The number of carbonyl (C=O) groups is 1. The first-order valence-electron chi connectivity index (χ1n) is 6.64. The Kier molecular flexibility index (Phi) is 6.42. The van der Waals surface area contributed by atoms with Gasteiger partial charge in [0.2, 0.25) is 5.91 Å². The van der Waals surface area contributed by atoms with Crippen molar-refractivity contribution in [1.82, 2.24) is 5.32 Å². The molecular formula is C15H18F3NO2. The highest BCUT2D eigenvalue weighted by atomic mass is 19.4. The molecule has 1 unspecified atom stereocenters. The van der Waals surface area contributed by atoms with E-state index < -0.39 is 23.8 Å². The van der Waals surface area contributed by atoms with Gasteiger partial charge < -0.3 is 10.4 Å². The molecule has 0 saturated heterocycles. The summed E-state index contributed by atoms with van der Waals surface area (Å²) in [5.41, 5.74) is -0.454. The lowest BCUT2D eigenvalue weighted by Gasteiger charge is -2.07. The highest BCUT2D eigenvalue weighted by Gasteiger charge is 2.30. The quantitative estimate of drug-likeness (QED) is 0.794. The Morgan fingerprint density at radius 1 is 1.43 bits per heavy atom. The number of aliphatic hydroxyl groups excluding tert-OH is 1. The maximum absolute atomic E-state index is 12.5. The van der Waals surface area contributed by atoms with Crippen LogP contribution in [0.2, 0.25) is 0 Å². The number of alkyl halides is 3.